The topological polar surface area (TPSA) is 106 Å². The molecule has 4 atom stereocenters. The normalized spacial score (nSPS) is 18.2. The third-order valence-electron chi connectivity index (χ3n) is 7.80. The monoisotopic (exact) mass is 611 g/mol. The number of halogens is 4. The molecule has 9 nitrogen and oxygen atoms in total. The van der Waals surface area contributed by atoms with E-state index < -0.39 is 29.8 Å². The molecule has 3 aromatic heterocycles. The number of hydrogen-bond acceptors (Lipinski definition) is 6. The van der Waals surface area contributed by atoms with Crippen LogP contribution in [0.1, 0.15) is 67.2 Å². The fourth-order valence-corrected chi connectivity index (χ4v) is 5.15. The number of alkyl halides is 1. The molecule has 5 rings (SSSR count). The maximum atomic E-state index is 15.1. The van der Waals surface area contributed by atoms with E-state index in [-0.39, 0.29) is 56.8 Å². The van der Waals surface area contributed by atoms with Gasteiger partial charge in [-0.3, -0.25) is 24.2 Å². The van der Waals surface area contributed by atoms with E-state index in [9.17, 15) is 18.4 Å². The van der Waals surface area contributed by atoms with Crippen molar-refractivity contribution in [2.75, 3.05) is 16.8 Å². The summed E-state index contributed by atoms with van der Waals surface area (Å²) in [6, 6.07) is 3.48. The number of aryl methyl sites for hydroxylation is 1. The molecule has 1 N–H and O–H groups in total. The summed E-state index contributed by atoms with van der Waals surface area (Å²) >= 11 is 5.94. The molecule has 1 saturated heterocycles. The Labute approximate surface area is 251 Å². The van der Waals surface area contributed by atoms with Crippen molar-refractivity contribution in [1.29, 1.82) is 0 Å². The molecule has 0 bridgehead atoms. The van der Waals surface area contributed by atoms with E-state index in [1.807, 2.05) is 13.8 Å². The molecule has 0 aliphatic carbocycles. The van der Waals surface area contributed by atoms with Crippen LogP contribution in [0, 0.1) is 30.4 Å². The molecular weight excluding hydrogens is 583 g/mol. The largest absolute Gasteiger partial charge is 0.318 e. The van der Waals surface area contributed by atoms with Crippen molar-refractivity contribution >= 4 is 34.9 Å². The molecular formula is C30H29ClF3N7O2. The van der Waals surface area contributed by atoms with Gasteiger partial charge in [0.1, 0.15) is 11.9 Å². The van der Waals surface area contributed by atoms with E-state index in [0.717, 1.165) is 0 Å². The highest BCUT2D eigenvalue weighted by Gasteiger charge is 2.37. The molecule has 4 aromatic rings. The second kappa shape index (κ2) is 11.8. The SMILES string of the molecule is Cc1ncc(-c2c(C(C)F)ccc(Cl)c2F)nc1C(=O)Nc1cnn([C@@H](C)c2cnc(N3C[C@@H](C)[C@@H](C)C3=O)c(F)c2)c1. The molecule has 0 saturated carbocycles. The third kappa shape index (κ3) is 5.71. The first-order valence-corrected chi connectivity index (χ1v) is 14.0. The van der Waals surface area contributed by atoms with Gasteiger partial charge >= 0.3 is 0 Å². The fraction of sp³-hybridized carbons (Fsp3) is 0.333. The second-order valence-electron chi connectivity index (χ2n) is 10.8. The second-order valence-corrected chi connectivity index (χ2v) is 11.2. The lowest BCUT2D eigenvalue weighted by atomic mass is 10.0. The number of hydrogen-bond donors (Lipinski definition) is 1. The first kappa shape index (κ1) is 30.1. The van der Waals surface area contributed by atoms with E-state index in [1.165, 1.54) is 53.3 Å². The summed E-state index contributed by atoms with van der Waals surface area (Å²) in [5, 5.41) is 6.76. The molecule has 13 heteroatoms. The summed E-state index contributed by atoms with van der Waals surface area (Å²) in [5.41, 5.74) is 0.791. The van der Waals surface area contributed by atoms with Gasteiger partial charge in [0.05, 0.1) is 40.5 Å². The molecule has 0 radical (unpaired) electrons. The molecule has 1 fully saturated rings. The molecule has 1 aliphatic rings. The molecule has 43 heavy (non-hydrogen) atoms. The Bertz CT molecular complexity index is 1730. The van der Waals surface area contributed by atoms with Gasteiger partial charge in [-0.1, -0.05) is 31.5 Å². The standard InChI is InChI=1S/C30H29ClF3N7O2/c1-14-12-40(30(43)15(14)2)28-23(33)8-19(9-36-28)18(5)41-13-20(10-37-41)38-29(42)27-17(4)35-11-24(39-27)25-21(16(3)32)6-7-22(31)26(25)34/h6-11,13-16,18H,12H2,1-5H3,(H,38,42)/t14-,15-,16?,18+/m1/s1. The van der Waals surface area contributed by atoms with Gasteiger partial charge in [0, 0.05) is 30.4 Å². The Kier molecular flexibility index (Phi) is 8.24. The summed E-state index contributed by atoms with van der Waals surface area (Å²) < 4.78 is 45.8. The average molecular weight is 612 g/mol. The Balaban J connectivity index is 1.35. The van der Waals surface area contributed by atoms with Crippen LogP contribution in [0.2, 0.25) is 5.02 Å². The van der Waals surface area contributed by atoms with Crippen molar-refractivity contribution in [2.45, 2.75) is 46.8 Å². The Hall–Kier alpha value is -4.32. The molecule has 1 unspecified atom stereocenters. The molecule has 2 amide bonds. The quantitative estimate of drug-likeness (QED) is 0.256. The number of carbonyl (C=O) groups is 2. The van der Waals surface area contributed by atoms with Crippen LogP contribution >= 0.6 is 11.6 Å². The van der Waals surface area contributed by atoms with Crippen molar-refractivity contribution in [1.82, 2.24) is 24.7 Å². The van der Waals surface area contributed by atoms with Crippen LogP contribution in [-0.4, -0.2) is 43.1 Å². The first-order chi connectivity index (χ1) is 20.4. The zero-order valence-corrected chi connectivity index (χ0v) is 24.8. The van der Waals surface area contributed by atoms with E-state index in [4.69, 9.17) is 11.6 Å². The minimum absolute atomic E-state index is 0.00461. The van der Waals surface area contributed by atoms with Gasteiger partial charge in [0.25, 0.3) is 5.91 Å². The Morgan fingerprint density at radius 3 is 2.53 bits per heavy atom. The van der Waals surface area contributed by atoms with Crippen LogP contribution in [0.15, 0.2) is 43.0 Å². The Morgan fingerprint density at radius 1 is 1.14 bits per heavy atom. The lowest BCUT2D eigenvalue weighted by molar-refractivity contribution is -0.120. The number of nitrogens with zero attached hydrogens (tertiary/aromatic N) is 6. The average Bonchev–Trinajstić information content (AvgIpc) is 3.54. The highest BCUT2D eigenvalue weighted by molar-refractivity contribution is 6.31. The third-order valence-corrected chi connectivity index (χ3v) is 8.09. The number of anilines is 2. The predicted octanol–water partition coefficient (Wildman–Crippen LogP) is 6.49. The fourth-order valence-electron chi connectivity index (χ4n) is 4.99. The number of aromatic nitrogens is 5. The predicted molar refractivity (Wildman–Crippen MR) is 156 cm³/mol. The van der Waals surface area contributed by atoms with Crippen molar-refractivity contribution in [3.63, 3.8) is 0 Å². The van der Waals surface area contributed by atoms with E-state index in [0.29, 0.717) is 17.8 Å². The molecule has 0 spiro atoms. The zero-order chi connectivity index (χ0) is 31.2. The van der Waals surface area contributed by atoms with E-state index in [1.54, 1.807) is 20.0 Å². The minimum atomic E-state index is -1.52. The van der Waals surface area contributed by atoms with Crippen LogP contribution < -0.4 is 10.2 Å². The summed E-state index contributed by atoms with van der Waals surface area (Å²) in [7, 11) is 0. The highest BCUT2D eigenvalue weighted by atomic mass is 35.5. The van der Waals surface area contributed by atoms with Gasteiger partial charge in [0.15, 0.2) is 17.5 Å². The maximum Gasteiger partial charge on any atom is 0.276 e. The number of carbonyl (C=O) groups excluding carboxylic acids is 2. The summed E-state index contributed by atoms with van der Waals surface area (Å²) in [6.07, 6.45) is 4.18. The van der Waals surface area contributed by atoms with Gasteiger partial charge in [-0.25, -0.2) is 23.1 Å². The maximum absolute atomic E-state index is 15.1. The number of nitrogens with one attached hydrogen (secondary N) is 1. The molecule has 4 heterocycles. The van der Waals surface area contributed by atoms with Crippen molar-refractivity contribution in [2.24, 2.45) is 11.8 Å². The summed E-state index contributed by atoms with van der Waals surface area (Å²) in [6.45, 7) is 8.76. The van der Waals surface area contributed by atoms with Crippen LogP contribution in [0.5, 0.6) is 0 Å². The van der Waals surface area contributed by atoms with Gasteiger partial charge in [-0.05, 0) is 49.9 Å². The number of rotatable bonds is 7. The van der Waals surface area contributed by atoms with Gasteiger partial charge < -0.3 is 5.32 Å². The van der Waals surface area contributed by atoms with Crippen LogP contribution in [0.25, 0.3) is 11.3 Å². The number of benzene rings is 1. The number of pyridine rings is 1. The van der Waals surface area contributed by atoms with Crippen molar-refractivity contribution in [3.8, 4) is 11.3 Å². The van der Waals surface area contributed by atoms with Gasteiger partial charge in [-0.15, -0.1) is 0 Å². The Morgan fingerprint density at radius 2 is 1.88 bits per heavy atom. The first-order valence-electron chi connectivity index (χ1n) is 13.7. The van der Waals surface area contributed by atoms with Crippen LogP contribution in [0.4, 0.5) is 24.7 Å². The van der Waals surface area contributed by atoms with Crippen molar-refractivity contribution in [3.05, 3.63) is 82.2 Å². The lowest BCUT2D eigenvalue weighted by Gasteiger charge is -2.18. The van der Waals surface area contributed by atoms with Gasteiger partial charge in [0.2, 0.25) is 5.91 Å². The summed E-state index contributed by atoms with van der Waals surface area (Å²) in [4.78, 5) is 39.8. The molecule has 224 valence electrons. The van der Waals surface area contributed by atoms with E-state index >= 15 is 4.39 Å². The van der Waals surface area contributed by atoms with E-state index in [2.05, 4.69) is 25.4 Å². The smallest absolute Gasteiger partial charge is 0.276 e. The lowest BCUT2D eigenvalue weighted by Crippen LogP contribution is -2.28. The number of amides is 2. The summed E-state index contributed by atoms with van der Waals surface area (Å²) in [5.74, 6) is -2.40. The zero-order valence-electron chi connectivity index (χ0n) is 24.1. The van der Waals surface area contributed by atoms with Crippen LogP contribution in [-0.2, 0) is 4.79 Å². The highest BCUT2D eigenvalue weighted by Crippen LogP contribution is 2.35. The molecule has 1 aromatic carbocycles. The minimum Gasteiger partial charge on any atom is -0.318 e. The van der Waals surface area contributed by atoms with Crippen molar-refractivity contribution < 1.29 is 22.8 Å². The van der Waals surface area contributed by atoms with Gasteiger partial charge in [-0.2, -0.15) is 5.10 Å². The van der Waals surface area contributed by atoms with Crippen LogP contribution in [0.3, 0.4) is 0 Å². The molecule has 1 aliphatic heterocycles.